The number of halogens is 1. The van der Waals surface area contributed by atoms with Crippen LogP contribution in [0.25, 0.3) is 22.3 Å². The van der Waals surface area contributed by atoms with Gasteiger partial charge in [0.15, 0.2) is 17.3 Å². The van der Waals surface area contributed by atoms with Crippen molar-refractivity contribution >= 4 is 33.0 Å². The lowest BCUT2D eigenvalue weighted by molar-refractivity contribution is 0.267. The predicted molar refractivity (Wildman–Crippen MR) is 155 cm³/mol. The van der Waals surface area contributed by atoms with E-state index in [4.69, 9.17) is 14.5 Å². The molecule has 38 heavy (non-hydrogen) atoms. The number of para-hydroxylation sites is 1. The Hall–Kier alpha value is -4.23. The fourth-order valence-corrected chi connectivity index (χ4v) is 4.73. The molecule has 7 heteroatoms. The highest BCUT2D eigenvalue weighted by Crippen LogP contribution is 2.37. The Morgan fingerprint density at radius 3 is 2.53 bits per heavy atom. The number of nitrogens with zero attached hydrogens (tertiary/aromatic N) is 3. The van der Waals surface area contributed by atoms with Crippen molar-refractivity contribution in [2.75, 3.05) is 6.61 Å². The lowest BCUT2D eigenvalue weighted by atomic mass is 10.1. The van der Waals surface area contributed by atoms with Crippen LogP contribution in [0.3, 0.4) is 0 Å². The predicted octanol–water partition coefficient (Wildman–Crippen LogP) is 6.99. The average molecular weight is 568 g/mol. The number of aryl methyl sites for hydroxylation is 1. The topological polar surface area (TPSA) is 65.7 Å². The molecule has 1 aromatic heterocycles. The third-order valence-electron chi connectivity index (χ3n) is 5.91. The number of hydrogen-bond acceptors (Lipinski definition) is 5. The number of ether oxygens (including phenoxy) is 2. The van der Waals surface area contributed by atoms with Crippen LogP contribution in [0.5, 0.6) is 11.5 Å². The van der Waals surface area contributed by atoms with Crippen molar-refractivity contribution in [1.29, 1.82) is 0 Å². The van der Waals surface area contributed by atoms with Crippen molar-refractivity contribution in [3.8, 4) is 22.9 Å². The summed E-state index contributed by atoms with van der Waals surface area (Å²) in [6.45, 7) is 4.86. The van der Waals surface area contributed by atoms with E-state index >= 15 is 0 Å². The van der Waals surface area contributed by atoms with E-state index < -0.39 is 0 Å². The molecule has 0 N–H and O–H groups in total. The Kier molecular flexibility index (Phi) is 7.65. The Bertz CT molecular complexity index is 1680. The van der Waals surface area contributed by atoms with Crippen molar-refractivity contribution in [1.82, 2.24) is 9.66 Å². The molecule has 0 saturated carbocycles. The van der Waals surface area contributed by atoms with Gasteiger partial charge in [0, 0.05) is 5.56 Å². The van der Waals surface area contributed by atoms with Crippen LogP contribution in [-0.2, 0) is 6.61 Å². The van der Waals surface area contributed by atoms with Crippen LogP contribution in [-0.4, -0.2) is 22.5 Å². The number of benzene rings is 4. The Morgan fingerprint density at radius 2 is 1.74 bits per heavy atom. The number of aromatic nitrogens is 2. The quantitative estimate of drug-likeness (QED) is 0.189. The molecule has 0 amide bonds. The first-order chi connectivity index (χ1) is 18.5. The third kappa shape index (κ3) is 5.53. The van der Waals surface area contributed by atoms with E-state index in [1.807, 2.05) is 79.7 Å². The molecule has 0 spiro atoms. The zero-order chi connectivity index (χ0) is 26.5. The summed E-state index contributed by atoms with van der Waals surface area (Å²) in [5.41, 5.74) is 4.16. The molecular weight excluding hydrogens is 542 g/mol. The molecule has 4 aromatic carbocycles. The molecule has 0 unspecified atom stereocenters. The highest BCUT2D eigenvalue weighted by atomic mass is 79.9. The standard InChI is InChI=1S/C31H26BrN3O3/c1-3-37-28-18-23(17-26(32)29(28)38-20-22-11-9-10-21(2)16-22)19-33-35-30(24-12-5-4-6-13-24)34-27-15-8-7-14-25(27)31(35)36/h4-19H,3,20H2,1-2H3. The third-order valence-corrected chi connectivity index (χ3v) is 6.49. The molecular formula is C31H26BrN3O3. The summed E-state index contributed by atoms with van der Waals surface area (Å²) in [5.74, 6) is 1.66. The largest absolute Gasteiger partial charge is 0.490 e. The normalized spacial score (nSPS) is 11.2. The van der Waals surface area contributed by atoms with Gasteiger partial charge in [-0.3, -0.25) is 4.79 Å². The van der Waals surface area contributed by atoms with Crippen LogP contribution in [0.2, 0.25) is 0 Å². The van der Waals surface area contributed by atoms with Crippen LogP contribution in [0.1, 0.15) is 23.6 Å². The maximum Gasteiger partial charge on any atom is 0.282 e. The van der Waals surface area contributed by atoms with Gasteiger partial charge in [-0.1, -0.05) is 72.3 Å². The fraction of sp³-hybridized carbons (Fsp3) is 0.129. The second-order valence-electron chi connectivity index (χ2n) is 8.72. The summed E-state index contributed by atoms with van der Waals surface area (Å²) < 4.78 is 14.1. The second-order valence-corrected chi connectivity index (χ2v) is 9.58. The van der Waals surface area contributed by atoms with E-state index in [0.29, 0.717) is 41.4 Å². The van der Waals surface area contributed by atoms with E-state index in [0.717, 1.165) is 21.2 Å². The van der Waals surface area contributed by atoms with Crippen molar-refractivity contribution in [3.63, 3.8) is 0 Å². The molecule has 0 saturated heterocycles. The zero-order valence-corrected chi connectivity index (χ0v) is 22.7. The minimum Gasteiger partial charge on any atom is -0.490 e. The van der Waals surface area contributed by atoms with Gasteiger partial charge in [-0.05, 0) is 65.2 Å². The second kappa shape index (κ2) is 11.4. The molecule has 0 aliphatic heterocycles. The average Bonchev–Trinajstić information content (AvgIpc) is 2.93. The number of rotatable bonds is 8. The van der Waals surface area contributed by atoms with Crippen molar-refractivity contribution in [2.45, 2.75) is 20.5 Å². The smallest absolute Gasteiger partial charge is 0.282 e. The molecule has 0 aliphatic rings. The molecule has 1 heterocycles. The van der Waals surface area contributed by atoms with Gasteiger partial charge in [0.25, 0.3) is 5.56 Å². The molecule has 0 radical (unpaired) electrons. The van der Waals surface area contributed by atoms with E-state index in [1.54, 1.807) is 12.3 Å². The summed E-state index contributed by atoms with van der Waals surface area (Å²) in [4.78, 5) is 18.2. The highest BCUT2D eigenvalue weighted by molar-refractivity contribution is 9.10. The number of fused-ring (bicyclic) bond motifs is 1. The lowest BCUT2D eigenvalue weighted by Gasteiger charge is -2.15. The summed E-state index contributed by atoms with van der Waals surface area (Å²) in [7, 11) is 0. The lowest BCUT2D eigenvalue weighted by Crippen LogP contribution is -2.20. The maximum atomic E-state index is 13.4. The fourth-order valence-electron chi connectivity index (χ4n) is 4.15. The zero-order valence-electron chi connectivity index (χ0n) is 21.1. The van der Waals surface area contributed by atoms with Crippen molar-refractivity contribution in [3.05, 3.63) is 123 Å². The first kappa shape index (κ1) is 25.4. The van der Waals surface area contributed by atoms with Gasteiger partial charge < -0.3 is 9.47 Å². The summed E-state index contributed by atoms with van der Waals surface area (Å²) >= 11 is 3.63. The molecule has 0 aliphatic carbocycles. The van der Waals surface area contributed by atoms with E-state index in [9.17, 15) is 4.79 Å². The molecule has 6 nitrogen and oxygen atoms in total. The van der Waals surface area contributed by atoms with Gasteiger partial charge in [-0.15, -0.1) is 0 Å². The first-order valence-corrected chi connectivity index (χ1v) is 13.1. The molecule has 5 aromatic rings. The van der Waals surface area contributed by atoms with Crippen LogP contribution in [0.4, 0.5) is 0 Å². The molecule has 0 fully saturated rings. The maximum absolute atomic E-state index is 13.4. The highest BCUT2D eigenvalue weighted by Gasteiger charge is 2.14. The molecule has 0 atom stereocenters. The van der Waals surface area contributed by atoms with Crippen molar-refractivity contribution < 1.29 is 9.47 Å². The summed E-state index contributed by atoms with van der Waals surface area (Å²) in [6, 6.07) is 28.8. The summed E-state index contributed by atoms with van der Waals surface area (Å²) in [6.07, 6.45) is 1.63. The van der Waals surface area contributed by atoms with Crippen molar-refractivity contribution in [2.24, 2.45) is 5.10 Å². The van der Waals surface area contributed by atoms with E-state index in [1.165, 1.54) is 10.2 Å². The monoisotopic (exact) mass is 567 g/mol. The van der Waals surface area contributed by atoms with Crippen LogP contribution in [0, 0.1) is 6.92 Å². The van der Waals surface area contributed by atoms with E-state index in [2.05, 4.69) is 40.1 Å². The minimum absolute atomic E-state index is 0.243. The van der Waals surface area contributed by atoms with Gasteiger partial charge in [0.1, 0.15) is 6.61 Å². The van der Waals surface area contributed by atoms with Gasteiger partial charge in [0.2, 0.25) is 0 Å². The van der Waals surface area contributed by atoms with Crippen LogP contribution in [0.15, 0.2) is 105 Å². The van der Waals surface area contributed by atoms with Gasteiger partial charge in [0.05, 0.1) is 28.2 Å². The Labute approximate surface area is 229 Å². The SMILES string of the molecule is CCOc1cc(C=Nn2c(-c3ccccc3)nc3ccccc3c2=O)cc(Br)c1OCc1cccc(C)c1. The molecule has 5 rings (SSSR count). The first-order valence-electron chi connectivity index (χ1n) is 12.3. The minimum atomic E-state index is -0.243. The Morgan fingerprint density at radius 1 is 0.947 bits per heavy atom. The number of hydrogen-bond donors (Lipinski definition) is 0. The molecule has 0 bridgehead atoms. The van der Waals surface area contributed by atoms with Crippen LogP contribution < -0.4 is 15.0 Å². The summed E-state index contributed by atoms with van der Waals surface area (Å²) in [5, 5.41) is 5.08. The van der Waals surface area contributed by atoms with Gasteiger partial charge in [-0.25, -0.2) is 4.98 Å². The van der Waals surface area contributed by atoms with Gasteiger partial charge in [-0.2, -0.15) is 9.78 Å². The van der Waals surface area contributed by atoms with Crippen LogP contribution >= 0.6 is 15.9 Å². The van der Waals surface area contributed by atoms with Gasteiger partial charge >= 0.3 is 0 Å². The Balaban J connectivity index is 1.53. The van der Waals surface area contributed by atoms with E-state index in [-0.39, 0.29) is 5.56 Å². The molecule has 190 valence electrons.